The Morgan fingerprint density at radius 3 is 2.78 bits per heavy atom. The summed E-state index contributed by atoms with van der Waals surface area (Å²) in [6, 6.07) is 1.56. The first-order valence-electron chi connectivity index (χ1n) is 4.93. The van der Waals surface area contributed by atoms with Crippen LogP contribution in [0.25, 0.3) is 0 Å². The maximum absolute atomic E-state index is 10.9. The van der Waals surface area contributed by atoms with Gasteiger partial charge in [0.25, 0.3) is 0 Å². The molecule has 0 amide bonds. The molecule has 0 atom stereocenters. The Labute approximate surface area is 116 Å². The van der Waals surface area contributed by atoms with Gasteiger partial charge in [-0.1, -0.05) is 34.9 Å². The molecule has 96 valence electrons. The third-order valence-corrected chi connectivity index (χ3v) is 5.15. The first-order valence-corrected chi connectivity index (χ1v) is 7.95. The standard InChI is InChI=1S/C10H10N2O3S3/c1-5-7(8(13)14)3-6(15-5)4-17-10-12-11-9(16-2)18-10/h3H,4H2,1-2H3,(H,13,14). The Hall–Kier alpha value is -0.990. The smallest absolute Gasteiger partial charge is 0.339 e. The van der Waals surface area contributed by atoms with Crippen molar-refractivity contribution in [1.29, 1.82) is 0 Å². The Balaban J connectivity index is 2.01. The number of hydrogen-bond acceptors (Lipinski definition) is 7. The van der Waals surface area contributed by atoms with Crippen LogP contribution in [-0.2, 0) is 5.75 Å². The van der Waals surface area contributed by atoms with E-state index >= 15 is 0 Å². The van der Waals surface area contributed by atoms with Crippen LogP contribution in [0.1, 0.15) is 21.9 Å². The highest BCUT2D eigenvalue weighted by Crippen LogP contribution is 2.30. The molecule has 0 aliphatic carbocycles. The third kappa shape index (κ3) is 3.06. The number of carbonyl (C=O) groups is 1. The van der Waals surface area contributed by atoms with Crippen LogP contribution in [0, 0.1) is 6.92 Å². The molecule has 0 aromatic carbocycles. The molecule has 0 saturated carbocycles. The molecule has 0 bridgehead atoms. The Kier molecular flexibility index (Phi) is 4.31. The van der Waals surface area contributed by atoms with Crippen molar-refractivity contribution >= 4 is 40.8 Å². The van der Waals surface area contributed by atoms with Gasteiger partial charge in [0.05, 0.1) is 5.75 Å². The highest BCUT2D eigenvalue weighted by Gasteiger charge is 2.14. The number of carboxylic acids is 1. The van der Waals surface area contributed by atoms with Crippen LogP contribution in [0.15, 0.2) is 19.2 Å². The Morgan fingerprint density at radius 1 is 1.50 bits per heavy atom. The van der Waals surface area contributed by atoms with Crippen molar-refractivity contribution < 1.29 is 14.3 Å². The lowest BCUT2D eigenvalue weighted by molar-refractivity contribution is 0.0695. The van der Waals surface area contributed by atoms with Crippen LogP contribution >= 0.6 is 34.9 Å². The minimum atomic E-state index is -0.965. The SMILES string of the molecule is CSc1nnc(SCc2cc(C(=O)O)c(C)o2)s1. The molecule has 1 N–H and O–H groups in total. The van der Waals surface area contributed by atoms with Gasteiger partial charge in [-0.3, -0.25) is 0 Å². The van der Waals surface area contributed by atoms with Gasteiger partial charge in [0, 0.05) is 0 Å². The second-order valence-corrected chi connectivity index (χ2v) is 6.57. The number of aryl methyl sites for hydroxylation is 1. The second kappa shape index (κ2) is 5.77. The Morgan fingerprint density at radius 2 is 2.22 bits per heavy atom. The van der Waals surface area contributed by atoms with E-state index in [0.29, 0.717) is 17.3 Å². The van der Waals surface area contributed by atoms with Gasteiger partial charge in [0.2, 0.25) is 0 Å². The molecule has 0 unspecified atom stereocenters. The van der Waals surface area contributed by atoms with Crippen LogP contribution in [0.3, 0.4) is 0 Å². The molecule has 8 heteroatoms. The molecule has 5 nitrogen and oxygen atoms in total. The first kappa shape index (κ1) is 13.4. The zero-order valence-electron chi connectivity index (χ0n) is 9.67. The van der Waals surface area contributed by atoms with Crippen molar-refractivity contribution in [2.75, 3.05) is 6.26 Å². The molecule has 0 spiro atoms. The topological polar surface area (TPSA) is 76.2 Å². The molecule has 2 heterocycles. The average molecular weight is 302 g/mol. The van der Waals surface area contributed by atoms with Gasteiger partial charge in [0.1, 0.15) is 17.1 Å². The summed E-state index contributed by atoms with van der Waals surface area (Å²) in [6.45, 7) is 1.65. The van der Waals surface area contributed by atoms with Crippen molar-refractivity contribution in [3.63, 3.8) is 0 Å². The fraction of sp³-hybridized carbons (Fsp3) is 0.300. The molecule has 18 heavy (non-hydrogen) atoms. The Bertz CT molecular complexity index is 564. The zero-order valence-corrected chi connectivity index (χ0v) is 12.1. The molecule has 0 fully saturated rings. The lowest BCUT2D eigenvalue weighted by Gasteiger charge is -1.91. The number of nitrogens with zero attached hydrogens (tertiary/aromatic N) is 2. The minimum Gasteiger partial charge on any atom is -0.478 e. The third-order valence-electron chi connectivity index (χ3n) is 2.10. The summed E-state index contributed by atoms with van der Waals surface area (Å²) in [5, 5.41) is 16.9. The van der Waals surface area contributed by atoms with Crippen LogP contribution in [-0.4, -0.2) is 27.5 Å². The van der Waals surface area contributed by atoms with Gasteiger partial charge in [-0.25, -0.2) is 4.79 Å². The molecule has 2 rings (SSSR count). The van der Waals surface area contributed by atoms with Gasteiger partial charge in [0.15, 0.2) is 8.68 Å². The highest BCUT2D eigenvalue weighted by molar-refractivity contribution is 8.02. The van der Waals surface area contributed by atoms with E-state index in [1.54, 1.807) is 24.8 Å². The van der Waals surface area contributed by atoms with Gasteiger partial charge < -0.3 is 9.52 Å². The maximum atomic E-state index is 10.9. The summed E-state index contributed by atoms with van der Waals surface area (Å²) in [5.74, 6) is 0.654. The summed E-state index contributed by atoms with van der Waals surface area (Å²) in [4.78, 5) is 10.9. The van der Waals surface area contributed by atoms with E-state index in [9.17, 15) is 4.79 Å². The van der Waals surface area contributed by atoms with E-state index in [4.69, 9.17) is 9.52 Å². The maximum Gasteiger partial charge on any atom is 0.339 e. The van der Waals surface area contributed by atoms with E-state index in [0.717, 1.165) is 8.68 Å². The normalized spacial score (nSPS) is 10.8. The number of carboxylic acid groups (broad SMARTS) is 1. The highest BCUT2D eigenvalue weighted by atomic mass is 32.2. The van der Waals surface area contributed by atoms with Crippen LogP contribution in [0.2, 0.25) is 0 Å². The number of aromatic nitrogens is 2. The van der Waals surface area contributed by atoms with Crippen molar-refractivity contribution in [1.82, 2.24) is 10.2 Å². The monoisotopic (exact) mass is 302 g/mol. The quantitative estimate of drug-likeness (QED) is 0.850. The van der Waals surface area contributed by atoms with Crippen LogP contribution in [0.4, 0.5) is 0 Å². The number of thioether (sulfide) groups is 2. The molecule has 0 saturated heterocycles. The van der Waals surface area contributed by atoms with Gasteiger partial charge >= 0.3 is 5.97 Å². The zero-order chi connectivity index (χ0) is 13.1. The van der Waals surface area contributed by atoms with Crippen molar-refractivity contribution in [3.05, 3.63) is 23.2 Å². The lowest BCUT2D eigenvalue weighted by atomic mass is 10.2. The molecule has 0 aliphatic rings. The molecular formula is C10H10N2O3S3. The lowest BCUT2D eigenvalue weighted by Crippen LogP contribution is -1.94. The van der Waals surface area contributed by atoms with Crippen molar-refractivity contribution in [3.8, 4) is 0 Å². The summed E-state index contributed by atoms with van der Waals surface area (Å²) < 4.78 is 7.15. The second-order valence-electron chi connectivity index (χ2n) is 3.31. The predicted octanol–water partition coefficient (Wildman–Crippen LogP) is 3.15. The number of furan rings is 1. The van der Waals surface area contributed by atoms with E-state index in [-0.39, 0.29) is 5.56 Å². The summed E-state index contributed by atoms with van der Waals surface area (Å²) in [7, 11) is 0. The fourth-order valence-corrected chi connectivity index (χ4v) is 3.62. The largest absolute Gasteiger partial charge is 0.478 e. The molecular weight excluding hydrogens is 292 g/mol. The van der Waals surface area contributed by atoms with Gasteiger partial charge in [-0.2, -0.15) is 0 Å². The predicted molar refractivity (Wildman–Crippen MR) is 71.7 cm³/mol. The minimum absolute atomic E-state index is 0.215. The number of rotatable bonds is 5. The van der Waals surface area contributed by atoms with E-state index in [1.165, 1.54) is 23.1 Å². The van der Waals surface area contributed by atoms with Crippen LogP contribution < -0.4 is 0 Å². The molecule has 2 aromatic rings. The first-order chi connectivity index (χ1) is 8.60. The number of hydrogen-bond donors (Lipinski definition) is 1. The molecule has 0 aliphatic heterocycles. The number of aromatic carboxylic acids is 1. The van der Waals surface area contributed by atoms with E-state index in [1.807, 2.05) is 6.26 Å². The van der Waals surface area contributed by atoms with E-state index < -0.39 is 5.97 Å². The summed E-state index contributed by atoms with van der Waals surface area (Å²) in [5.41, 5.74) is 0.215. The van der Waals surface area contributed by atoms with Gasteiger partial charge in [-0.15, -0.1) is 10.2 Å². The fourth-order valence-electron chi connectivity index (χ4n) is 1.30. The summed E-state index contributed by atoms with van der Waals surface area (Å²) >= 11 is 4.56. The van der Waals surface area contributed by atoms with E-state index in [2.05, 4.69) is 10.2 Å². The van der Waals surface area contributed by atoms with Crippen LogP contribution in [0.5, 0.6) is 0 Å². The average Bonchev–Trinajstić information content (AvgIpc) is 2.92. The molecule has 0 radical (unpaired) electrons. The van der Waals surface area contributed by atoms with Crippen molar-refractivity contribution in [2.24, 2.45) is 0 Å². The molecule has 2 aromatic heterocycles. The van der Waals surface area contributed by atoms with Gasteiger partial charge in [-0.05, 0) is 19.2 Å². The van der Waals surface area contributed by atoms with Crippen molar-refractivity contribution in [2.45, 2.75) is 21.4 Å². The summed E-state index contributed by atoms with van der Waals surface area (Å²) in [6.07, 6.45) is 1.95.